The molecule has 0 saturated heterocycles. The van der Waals surface area contributed by atoms with Gasteiger partial charge in [-0.2, -0.15) is 0 Å². The summed E-state index contributed by atoms with van der Waals surface area (Å²) in [6.45, 7) is 11.6. The van der Waals surface area contributed by atoms with E-state index in [0.717, 1.165) is 24.5 Å². The highest BCUT2D eigenvalue weighted by molar-refractivity contribution is 5.41. The number of hydrogen-bond donors (Lipinski definition) is 0. The van der Waals surface area contributed by atoms with E-state index in [1.165, 1.54) is 43.2 Å². The quantitative estimate of drug-likeness (QED) is 0.505. The maximum absolute atomic E-state index is 6.33. The molecule has 5 unspecified atom stereocenters. The summed E-state index contributed by atoms with van der Waals surface area (Å²) in [6.07, 6.45) is 11.7. The monoisotopic (exact) mass is 393 g/mol. The molecule has 0 spiro atoms. The Balaban J connectivity index is 1.64. The Kier molecular flexibility index (Phi) is 6.08. The smallest absolute Gasteiger partial charge is 0.123 e. The van der Waals surface area contributed by atoms with Crippen molar-refractivity contribution in [3.63, 3.8) is 0 Å². The van der Waals surface area contributed by atoms with Crippen molar-refractivity contribution in [2.24, 2.45) is 5.92 Å². The van der Waals surface area contributed by atoms with Gasteiger partial charge in [-0.1, -0.05) is 56.5 Å². The van der Waals surface area contributed by atoms with E-state index in [0.29, 0.717) is 24.1 Å². The van der Waals surface area contributed by atoms with Crippen LogP contribution in [0.5, 0.6) is 5.75 Å². The molecule has 1 aromatic rings. The molecule has 1 saturated carbocycles. The predicted molar refractivity (Wildman–Crippen MR) is 122 cm³/mol. The molecule has 3 aliphatic rings. The van der Waals surface area contributed by atoms with Crippen LogP contribution in [0, 0.1) is 5.92 Å². The molecule has 0 amide bonds. The Morgan fingerprint density at radius 1 is 1.17 bits per heavy atom. The number of ether oxygens (including phenoxy) is 1. The van der Waals surface area contributed by atoms with Crippen molar-refractivity contribution in [3.05, 3.63) is 52.7 Å². The van der Waals surface area contributed by atoms with Gasteiger partial charge in [0.2, 0.25) is 0 Å². The van der Waals surface area contributed by atoms with E-state index in [1.807, 2.05) is 0 Å². The van der Waals surface area contributed by atoms with Gasteiger partial charge < -0.3 is 9.64 Å². The van der Waals surface area contributed by atoms with E-state index < -0.39 is 0 Å². The van der Waals surface area contributed by atoms with Crippen molar-refractivity contribution < 1.29 is 4.74 Å². The Morgan fingerprint density at radius 3 is 2.66 bits per heavy atom. The fourth-order valence-electron chi connectivity index (χ4n) is 6.32. The lowest BCUT2D eigenvalue weighted by atomic mass is 9.80. The Morgan fingerprint density at radius 2 is 1.93 bits per heavy atom. The normalized spacial score (nSPS) is 29.3. The lowest BCUT2D eigenvalue weighted by Crippen LogP contribution is -2.42. The van der Waals surface area contributed by atoms with Gasteiger partial charge in [0.15, 0.2) is 0 Å². The van der Waals surface area contributed by atoms with Gasteiger partial charge in [0, 0.05) is 35.2 Å². The Bertz CT molecular complexity index is 787. The fraction of sp³-hybridized carbons (Fsp3) is 0.630. The van der Waals surface area contributed by atoms with Crippen molar-refractivity contribution in [1.82, 2.24) is 4.90 Å². The van der Waals surface area contributed by atoms with Crippen LogP contribution in [0.2, 0.25) is 0 Å². The van der Waals surface area contributed by atoms with Gasteiger partial charge in [0.25, 0.3) is 0 Å². The zero-order chi connectivity index (χ0) is 20.5. The number of hydrogen-bond acceptors (Lipinski definition) is 2. The standard InChI is InChI=1S/C27H39NO/c1-6-24-22(16-18(3)4)20-12-8-10-14-25(20)28(24)19(5)17-23-21-13-9-11-15-27(21)29-26(23)7-2/h9,11,13,15-16,19-20,23,25-26H,6-8,10,12,14,17H2,1-5H3. The molecule has 0 aromatic heterocycles. The van der Waals surface area contributed by atoms with Gasteiger partial charge in [-0.05, 0) is 64.5 Å². The lowest BCUT2D eigenvalue weighted by Gasteiger charge is -2.40. The summed E-state index contributed by atoms with van der Waals surface area (Å²) < 4.78 is 6.33. The molecule has 2 aliphatic heterocycles. The first-order valence-corrected chi connectivity index (χ1v) is 12.0. The van der Waals surface area contributed by atoms with E-state index in [1.54, 1.807) is 11.3 Å². The summed E-state index contributed by atoms with van der Waals surface area (Å²) in [7, 11) is 0. The summed E-state index contributed by atoms with van der Waals surface area (Å²) in [4.78, 5) is 2.85. The van der Waals surface area contributed by atoms with Gasteiger partial charge in [-0.25, -0.2) is 0 Å². The summed E-state index contributed by atoms with van der Waals surface area (Å²) >= 11 is 0. The average Bonchev–Trinajstić information content (AvgIpc) is 3.23. The van der Waals surface area contributed by atoms with Crippen LogP contribution in [0.25, 0.3) is 0 Å². The third-order valence-corrected chi connectivity index (χ3v) is 7.43. The number of nitrogens with zero attached hydrogens (tertiary/aromatic N) is 1. The number of allylic oxidation sites excluding steroid dienone is 3. The van der Waals surface area contributed by atoms with Gasteiger partial charge in [0.05, 0.1) is 0 Å². The van der Waals surface area contributed by atoms with Crippen LogP contribution >= 0.6 is 0 Å². The molecular weight excluding hydrogens is 354 g/mol. The Hall–Kier alpha value is -1.70. The SMILES string of the molecule is CCC1=C(C=C(C)C)C2CCCCC2N1C(C)CC1c2ccccc2OC1CC. The Labute approximate surface area is 178 Å². The first-order chi connectivity index (χ1) is 14.0. The highest BCUT2D eigenvalue weighted by Crippen LogP contribution is 2.48. The third kappa shape index (κ3) is 3.76. The molecule has 1 fully saturated rings. The lowest BCUT2D eigenvalue weighted by molar-refractivity contribution is 0.121. The van der Waals surface area contributed by atoms with Crippen LogP contribution in [-0.4, -0.2) is 23.1 Å². The van der Waals surface area contributed by atoms with E-state index in [-0.39, 0.29) is 0 Å². The maximum Gasteiger partial charge on any atom is 0.123 e. The highest BCUT2D eigenvalue weighted by atomic mass is 16.5. The summed E-state index contributed by atoms with van der Waals surface area (Å²) in [6, 6.07) is 9.98. The fourth-order valence-corrected chi connectivity index (χ4v) is 6.32. The van der Waals surface area contributed by atoms with Crippen LogP contribution < -0.4 is 4.74 Å². The number of fused-ring (bicyclic) bond motifs is 2. The third-order valence-electron chi connectivity index (χ3n) is 7.43. The molecule has 2 heteroatoms. The van der Waals surface area contributed by atoms with Crippen molar-refractivity contribution in [1.29, 1.82) is 0 Å². The molecule has 2 heterocycles. The molecule has 1 aromatic carbocycles. The zero-order valence-corrected chi connectivity index (χ0v) is 19.1. The molecule has 4 rings (SSSR count). The van der Waals surface area contributed by atoms with Gasteiger partial charge in [-0.15, -0.1) is 0 Å². The molecule has 0 radical (unpaired) electrons. The van der Waals surface area contributed by atoms with Crippen LogP contribution in [0.15, 0.2) is 47.2 Å². The minimum absolute atomic E-state index is 0.325. The number of benzene rings is 1. The number of para-hydroxylation sites is 1. The van der Waals surface area contributed by atoms with E-state index in [2.05, 4.69) is 69.9 Å². The summed E-state index contributed by atoms with van der Waals surface area (Å²) in [5.74, 6) is 2.37. The zero-order valence-electron chi connectivity index (χ0n) is 19.1. The van der Waals surface area contributed by atoms with Crippen molar-refractivity contribution >= 4 is 0 Å². The summed E-state index contributed by atoms with van der Waals surface area (Å²) in [5.41, 5.74) is 6.14. The molecule has 5 atom stereocenters. The highest BCUT2D eigenvalue weighted by Gasteiger charge is 2.43. The average molecular weight is 394 g/mol. The first-order valence-electron chi connectivity index (χ1n) is 12.0. The molecule has 0 N–H and O–H groups in total. The van der Waals surface area contributed by atoms with E-state index in [4.69, 9.17) is 4.74 Å². The van der Waals surface area contributed by atoms with Gasteiger partial charge in [0.1, 0.15) is 11.9 Å². The van der Waals surface area contributed by atoms with Crippen LogP contribution in [-0.2, 0) is 0 Å². The molecule has 0 bridgehead atoms. The predicted octanol–water partition coefficient (Wildman–Crippen LogP) is 7.22. The molecule has 29 heavy (non-hydrogen) atoms. The van der Waals surface area contributed by atoms with Crippen LogP contribution in [0.3, 0.4) is 0 Å². The summed E-state index contributed by atoms with van der Waals surface area (Å²) in [5, 5.41) is 0. The van der Waals surface area contributed by atoms with Gasteiger partial charge in [-0.3, -0.25) is 0 Å². The second kappa shape index (κ2) is 8.58. The first kappa shape index (κ1) is 20.6. The molecular formula is C27H39NO. The van der Waals surface area contributed by atoms with Gasteiger partial charge >= 0.3 is 0 Å². The minimum atomic E-state index is 0.325. The van der Waals surface area contributed by atoms with Crippen LogP contribution in [0.1, 0.15) is 91.0 Å². The maximum atomic E-state index is 6.33. The van der Waals surface area contributed by atoms with Crippen molar-refractivity contribution in [2.45, 2.75) is 104 Å². The molecule has 2 nitrogen and oxygen atoms in total. The topological polar surface area (TPSA) is 12.5 Å². The minimum Gasteiger partial charge on any atom is -0.490 e. The van der Waals surface area contributed by atoms with Crippen LogP contribution in [0.4, 0.5) is 0 Å². The molecule has 1 aliphatic carbocycles. The van der Waals surface area contributed by atoms with E-state index in [9.17, 15) is 0 Å². The largest absolute Gasteiger partial charge is 0.490 e. The van der Waals surface area contributed by atoms with Crippen molar-refractivity contribution in [3.8, 4) is 5.75 Å². The molecule has 158 valence electrons. The second-order valence-corrected chi connectivity index (χ2v) is 9.64. The number of rotatable bonds is 6. The second-order valence-electron chi connectivity index (χ2n) is 9.64. The van der Waals surface area contributed by atoms with E-state index >= 15 is 0 Å². The van der Waals surface area contributed by atoms with Crippen molar-refractivity contribution in [2.75, 3.05) is 0 Å².